The first-order chi connectivity index (χ1) is 13.2. The average molecular weight is 409 g/mol. The van der Waals surface area contributed by atoms with E-state index in [1.54, 1.807) is 55.9 Å². The van der Waals surface area contributed by atoms with Gasteiger partial charge in [-0.05, 0) is 29.1 Å². The zero-order chi connectivity index (χ0) is 20.5. The molecule has 8 heteroatoms. The molecule has 0 radical (unpaired) electrons. The summed E-state index contributed by atoms with van der Waals surface area (Å²) < 4.78 is 56.1. The molecule has 0 aliphatic heterocycles. The quantitative estimate of drug-likeness (QED) is 0.639. The van der Waals surface area contributed by atoms with Crippen molar-refractivity contribution >= 4 is 21.6 Å². The molecule has 1 heterocycles. The molecule has 3 rings (SSSR count). The highest BCUT2D eigenvalue weighted by atomic mass is 32.2. The Bertz CT molecular complexity index is 1110. The largest absolute Gasteiger partial charge is 0.483 e. The molecule has 0 aliphatic carbocycles. The van der Waals surface area contributed by atoms with Crippen LogP contribution < -0.4 is 10.3 Å². The number of benzene rings is 2. The van der Waals surface area contributed by atoms with Crippen LogP contribution in [-0.4, -0.2) is 27.8 Å². The lowest BCUT2D eigenvalue weighted by Crippen LogP contribution is -2.20. The van der Waals surface area contributed by atoms with E-state index in [1.807, 2.05) is 0 Å². The van der Waals surface area contributed by atoms with E-state index < -0.39 is 23.6 Å². The van der Waals surface area contributed by atoms with Gasteiger partial charge in [0, 0.05) is 52.6 Å². The third-order valence-electron chi connectivity index (χ3n) is 4.19. The molecule has 0 saturated heterocycles. The van der Waals surface area contributed by atoms with Gasteiger partial charge in [0.25, 0.3) is 5.56 Å². The fourth-order valence-corrected chi connectivity index (χ4v) is 3.68. The van der Waals surface area contributed by atoms with E-state index in [9.17, 15) is 22.2 Å². The van der Waals surface area contributed by atoms with Crippen LogP contribution in [0, 0.1) is 0 Å². The molecule has 0 N–H and O–H groups in total. The Hall–Kier alpha value is -2.61. The van der Waals surface area contributed by atoms with E-state index in [0.717, 1.165) is 0 Å². The molecule has 28 heavy (non-hydrogen) atoms. The molecule has 0 aliphatic rings. The minimum Gasteiger partial charge on any atom is -0.483 e. The number of fused-ring (bicyclic) bond motifs is 1. The van der Waals surface area contributed by atoms with Gasteiger partial charge in [-0.2, -0.15) is 13.2 Å². The van der Waals surface area contributed by atoms with Crippen molar-refractivity contribution in [3.05, 3.63) is 64.6 Å². The lowest BCUT2D eigenvalue weighted by atomic mass is 9.98. The van der Waals surface area contributed by atoms with Crippen molar-refractivity contribution in [2.45, 2.75) is 11.9 Å². The van der Waals surface area contributed by atoms with Gasteiger partial charge in [0.1, 0.15) is 5.75 Å². The zero-order valence-electron chi connectivity index (χ0n) is 15.2. The van der Waals surface area contributed by atoms with Crippen molar-refractivity contribution in [2.75, 3.05) is 12.9 Å². The van der Waals surface area contributed by atoms with Crippen molar-refractivity contribution < 1.29 is 22.1 Å². The number of hydrogen-bond acceptors (Lipinski definition) is 3. The number of nitrogens with zero attached hydrogens (tertiary/aromatic N) is 1. The predicted molar refractivity (Wildman–Crippen MR) is 104 cm³/mol. The summed E-state index contributed by atoms with van der Waals surface area (Å²) in [5.74, 6) is 0.308. The maximum Gasteiger partial charge on any atom is 0.422 e. The molecule has 0 bridgehead atoms. The second-order valence-corrected chi connectivity index (χ2v) is 7.89. The van der Waals surface area contributed by atoms with Gasteiger partial charge in [0.2, 0.25) is 0 Å². The van der Waals surface area contributed by atoms with E-state index in [0.29, 0.717) is 27.5 Å². The van der Waals surface area contributed by atoms with Crippen molar-refractivity contribution in [3.63, 3.8) is 0 Å². The van der Waals surface area contributed by atoms with Crippen LogP contribution in [0.3, 0.4) is 0 Å². The van der Waals surface area contributed by atoms with Gasteiger partial charge < -0.3 is 9.30 Å². The van der Waals surface area contributed by atoms with E-state index in [2.05, 4.69) is 0 Å². The number of pyridine rings is 1. The maximum atomic E-state index is 12.7. The predicted octanol–water partition coefficient (Wildman–Crippen LogP) is 4.03. The molecule has 2 aromatic carbocycles. The molecule has 1 unspecified atom stereocenters. The fraction of sp³-hybridized carbons (Fsp3) is 0.250. The van der Waals surface area contributed by atoms with E-state index >= 15 is 0 Å². The molecular weight excluding hydrogens is 391 g/mol. The first-order valence-electron chi connectivity index (χ1n) is 8.37. The Morgan fingerprint density at radius 3 is 2.39 bits per heavy atom. The normalized spacial score (nSPS) is 12.9. The van der Waals surface area contributed by atoms with Gasteiger partial charge in [0.15, 0.2) is 6.61 Å². The van der Waals surface area contributed by atoms with Crippen LogP contribution in [0.15, 0.2) is 53.5 Å². The summed E-state index contributed by atoms with van der Waals surface area (Å²) in [5.41, 5.74) is 1.48. The van der Waals surface area contributed by atoms with Crippen molar-refractivity contribution in [1.82, 2.24) is 4.57 Å². The number of hydrogen-bond donors (Lipinski definition) is 0. The number of rotatable bonds is 5. The highest BCUT2D eigenvalue weighted by molar-refractivity contribution is 7.83. The van der Waals surface area contributed by atoms with Crippen molar-refractivity contribution in [2.24, 2.45) is 7.05 Å². The standard InChI is InChI=1S/C20H18F3NO3S/c1-24-10-17(14-5-3-4-6-15(14)19(24)25)16-9-13(11-28(2)26)7-8-18(16)27-12-20(21,22)23/h3-10H,11-12H2,1-2H3. The van der Waals surface area contributed by atoms with Crippen LogP contribution in [-0.2, 0) is 23.6 Å². The van der Waals surface area contributed by atoms with E-state index in [4.69, 9.17) is 4.74 Å². The van der Waals surface area contributed by atoms with Crippen LogP contribution in [0.2, 0.25) is 0 Å². The molecule has 0 amide bonds. The number of aromatic nitrogens is 1. The van der Waals surface area contributed by atoms with Gasteiger partial charge >= 0.3 is 6.18 Å². The number of ether oxygens (including phenoxy) is 1. The van der Waals surface area contributed by atoms with Crippen molar-refractivity contribution in [3.8, 4) is 16.9 Å². The Morgan fingerprint density at radius 2 is 1.75 bits per heavy atom. The maximum absolute atomic E-state index is 12.7. The summed E-state index contributed by atoms with van der Waals surface area (Å²) in [6.45, 7) is -1.43. The molecular formula is C20H18F3NO3S. The molecule has 1 aromatic heterocycles. The summed E-state index contributed by atoms with van der Waals surface area (Å²) in [6, 6.07) is 11.6. The Morgan fingerprint density at radius 1 is 1.07 bits per heavy atom. The summed E-state index contributed by atoms with van der Waals surface area (Å²) in [5, 5.41) is 1.06. The first-order valence-corrected chi connectivity index (χ1v) is 10.1. The highest BCUT2D eigenvalue weighted by Gasteiger charge is 2.29. The number of aryl methyl sites for hydroxylation is 1. The van der Waals surface area contributed by atoms with Crippen LogP contribution in [0.4, 0.5) is 13.2 Å². The Labute approximate surface area is 162 Å². The minimum absolute atomic E-state index is 0.0479. The van der Waals surface area contributed by atoms with Gasteiger partial charge in [0.05, 0.1) is 0 Å². The molecule has 1 atom stereocenters. The second-order valence-electron chi connectivity index (χ2n) is 6.46. The van der Waals surface area contributed by atoms with E-state index in [1.165, 1.54) is 10.6 Å². The average Bonchev–Trinajstić information content (AvgIpc) is 2.62. The molecule has 0 spiro atoms. The van der Waals surface area contributed by atoms with Gasteiger partial charge in [-0.3, -0.25) is 9.00 Å². The molecule has 3 aromatic rings. The monoisotopic (exact) mass is 409 g/mol. The van der Waals surface area contributed by atoms with Gasteiger partial charge in [-0.1, -0.05) is 24.3 Å². The summed E-state index contributed by atoms with van der Waals surface area (Å²) >= 11 is 0. The van der Waals surface area contributed by atoms with Crippen LogP contribution in [0.1, 0.15) is 5.56 Å². The SMILES string of the molecule is Cn1cc(-c2cc(CS(C)=O)ccc2OCC(F)(F)F)c2ccccc2c1=O. The Kier molecular flexibility index (Phi) is 5.60. The van der Waals surface area contributed by atoms with Gasteiger partial charge in [-0.15, -0.1) is 0 Å². The van der Waals surface area contributed by atoms with E-state index in [-0.39, 0.29) is 17.1 Å². The van der Waals surface area contributed by atoms with Crippen LogP contribution in [0.25, 0.3) is 21.9 Å². The number of halogens is 3. The third-order valence-corrected chi connectivity index (χ3v) is 4.93. The summed E-state index contributed by atoms with van der Waals surface area (Å²) in [7, 11) is 0.466. The number of alkyl halides is 3. The van der Waals surface area contributed by atoms with Crippen molar-refractivity contribution in [1.29, 1.82) is 0 Å². The molecule has 0 fully saturated rings. The minimum atomic E-state index is -4.48. The van der Waals surface area contributed by atoms with Gasteiger partial charge in [-0.25, -0.2) is 0 Å². The topological polar surface area (TPSA) is 48.3 Å². The van der Waals surface area contributed by atoms with Crippen LogP contribution in [0.5, 0.6) is 5.75 Å². The zero-order valence-corrected chi connectivity index (χ0v) is 16.1. The highest BCUT2D eigenvalue weighted by Crippen LogP contribution is 2.36. The molecule has 0 saturated carbocycles. The lowest BCUT2D eigenvalue weighted by molar-refractivity contribution is -0.153. The molecule has 4 nitrogen and oxygen atoms in total. The second kappa shape index (κ2) is 7.79. The third kappa shape index (κ3) is 4.44. The first kappa shape index (κ1) is 20.1. The lowest BCUT2D eigenvalue weighted by Gasteiger charge is -2.17. The smallest absolute Gasteiger partial charge is 0.422 e. The fourth-order valence-electron chi connectivity index (χ4n) is 3.03. The van der Waals surface area contributed by atoms with Crippen LogP contribution >= 0.6 is 0 Å². The summed E-state index contributed by atoms with van der Waals surface area (Å²) in [4.78, 5) is 12.4. The Balaban J connectivity index is 2.23. The summed E-state index contributed by atoms with van der Waals surface area (Å²) in [6.07, 6.45) is -1.35. The molecule has 148 valence electrons.